The molecule has 0 unspecified atom stereocenters. The van der Waals surface area contributed by atoms with E-state index in [1.165, 1.54) is 4.90 Å². The van der Waals surface area contributed by atoms with Crippen LogP contribution in [0.1, 0.15) is 5.56 Å². The van der Waals surface area contributed by atoms with Crippen molar-refractivity contribution in [1.29, 1.82) is 0 Å². The zero-order valence-electron chi connectivity index (χ0n) is 14.7. The van der Waals surface area contributed by atoms with Crippen LogP contribution < -0.4 is 15.4 Å². The SMILES string of the molecule is CN(CC(=O)N1C[C@@H](C(N)=O)Oc2ccccc21)Cc1cccc(Cl)c1Cl. The van der Waals surface area contributed by atoms with E-state index in [1.807, 2.05) is 30.1 Å². The smallest absolute Gasteiger partial charge is 0.260 e. The van der Waals surface area contributed by atoms with Crippen LogP contribution in [0.5, 0.6) is 5.75 Å². The number of hydrogen-bond donors (Lipinski definition) is 1. The highest BCUT2D eigenvalue weighted by Crippen LogP contribution is 2.33. The third-order valence-corrected chi connectivity index (χ3v) is 5.13. The zero-order chi connectivity index (χ0) is 19.6. The number of rotatable bonds is 5. The predicted octanol–water partition coefficient (Wildman–Crippen LogP) is 2.70. The fraction of sp³-hybridized carbons (Fsp3) is 0.263. The summed E-state index contributed by atoms with van der Waals surface area (Å²) in [4.78, 5) is 27.8. The van der Waals surface area contributed by atoms with Crippen molar-refractivity contribution < 1.29 is 14.3 Å². The molecule has 1 heterocycles. The van der Waals surface area contributed by atoms with Gasteiger partial charge in [0, 0.05) is 6.54 Å². The molecule has 27 heavy (non-hydrogen) atoms. The van der Waals surface area contributed by atoms with Crippen molar-refractivity contribution in [2.24, 2.45) is 5.73 Å². The van der Waals surface area contributed by atoms with Crippen LogP contribution in [0.25, 0.3) is 0 Å². The first-order chi connectivity index (χ1) is 12.9. The maximum Gasteiger partial charge on any atom is 0.260 e. The molecule has 2 N–H and O–H groups in total. The number of ether oxygens (including phenoxy) is 1. The van der Waals surface area contributed by atoms with Gasteiger partial charge in [-0.1, -0.05) is 47.5 Å². The highest BCUT2D eigenvalue weighted by molar-refractivity contribution is 6.42. The Labute approximate surface area is 167 Å². The Morgan fingerprint density at radius 2 is 1.96 bits per heavy atom. The van der Waals surface area contributed by atoms with Crippen LogP contribution in [0.15, 0.2) is 42.5 Å². The summed E-state index contributed by atoms with van der Waals surface area (Å²) in [6.07, 6.45) is -0.878. The van der Waals surface area contributed by atoms with Crippen molar-refractivity contribution in [2.75, 3.05) is 25.0 Å². The van der Waals surface area contributed by atoms with Crippen molar-refractivity contribution in [3.8, 4) is 5.75 Å². The molecule has 0 aromatic heterocycles. The molecule has 2 amide bonds. The van der Waals surface area contributed by atoms with Gasteiger partial charge in [-0.05, 0) is 30.8 Å². The van der Waals surface area contributed by atoms with Gasteiger partial charge in [0.05, 0.1) is 28.8 Å². The van der Waals surface area contributed by atoms with Gasteiger partial charge in [-0.3, -0.25) is 14.5 Å². The topological polar surface area (TPSA) is 75.9 Å². The summed E-state index contributed by atoms with van der Waals surface area (Å²) in [5.74, 6) is -0.319. The number of amides is 2. The van der Waals surface area contributed by atoms with Crippen LogP contribution >= 0.6 is 23.2 Å². The minimum atomic E-state index is -0.878. The van der Waals surface area contributed by atoms with E-state index >= 15 is 0 Å². The van der Waals surface area contributed by atoms with E-state index in [9.17, 15) is 9.59 Å². The molecule has 0 bridgehead atoms. The van der Waals surface area contributed by atoms with Gasteiger partial charge in [-0.25, -0.2) is 0 Å². The minimum absolute atomic E-state index is 0.0803. The molecular weight excluding hydrogens is 389 g/mol. The lowest BCUT2D eigenvalue weighted by Crippen LogP contribution is -2.51. The fourth-order valence-electron chi connectivity index (χ4n) is 2.95. The van der Waals surface area contributed by atoms with Gasteiger partial charge in [0.25, 0.3) is 5.91 Å². The largest absolute Gasteiger partial charge is 0.477 e. The summed E-state index contributed by atoms with van der Waals surface area (Å²) >= 11 is 12.3. The monoisotopic (exact) mass is 407 g/mol. The van der Waals surface area contributed by atoms with Gasteiger partial charge < -0.3 is 15.4 Å². The second-order valence-corrected chi connectivity index (χ2v) is 7.15. The van der Waals surface area contributed by atoms with E-state index < -0.39 is 12.0 Å². The number of hydrogen-bond acceptors (Lipinski definition) is 4. The van der Waals surface area contributed by atoms with Crippen LogP contribution in [-0.4, -0.2) is 43.0 Å². The standard InChI is InChI=1S/C19H19Cl2N3O3/c1-23(9-12-5-4-6-13(20)18(12)21)11-17(25)24-10-16(19(22)26)27-15-8-3-2-7-14(15)24/h2-8,16H,9-11H2,1H3,(H2,22,26)/t16-/m0/s1. The average Bonchev–Trinajstić information content (AvgIpc) is 2.64. The number of nitrogens with two attached hydrogens (primary N) is 1. The number of primary amides is 1. The first-order valence-corrected chi connectivity index (χ1v) is 9.09. The van der Waals surface area contributed by atoms with Gasteiger partial charge in [0.1, 0.15) is 5.75 Å². The van der Waals surface area contributed by atoms with E-state index in [0.717, 1.165) is 5.56 Å². The molecule has 2 aromatic rings. The van der Waals surface area contributed by atoms with E-state index in [0.29, 0.717) is 28.0 Å². The molecule has 6 nitrogen and oxygen atoms in total. The normalized spacial score (nSPS) is 16.0. The van der Waals surface area contributed by atoms with Crippen LogP contribution in [0, 0.1) is 0 Å². The lowest BCUT2D eigenvalue weighted by Gasteiger charge is -2.34. The van der Waals surface area contributed by atoms with E-state index in [1.54, 1.807) is 24.3 Å². The molecule has 1 atom stereocenters. The molecule has 0 spiro atoms. The van der Waals surface area contributed by atoms with Crippen molar-refractivity contribution in [3.05, 3.63) is 58.1 Å². The van der Waals surface area contributed by atoms with E-state index in [2.05, 4.69) is 0 Å². The molecule has 3 rings (SSSR count). The Morgan fingerprint density at radius 1 is 1.22 bits per heavy atom. The quantitative estimate of drug-likeness (QED) is 0.826. The first-order valence-electron chi connectivity index (χ1n) is 8.33. The number of anilines is 1. The predicted molar refractivity (Wildman–Crippen MR) is 105 cm³/mol. The number of halogens is 2. The Morgan fingerprint density at radius 3 is 2.70 bits per heavy atom. The molecule has 0 fully saturated rings. The molecule has 1 aliphatic heterocycles. The van der Waals surface area contributed by atoms with E-state index in [-0.39, 0.29) is 19.0 Å². The third-order valence-electron chi connectivity index (χ3n) is 4.27. The molecule has 2 aromatic carbocycles. The summed E-state index contributed by atoms with van der Waals surface area (Å²) in [5, 5.41) is 0.948. The van der Waals surface area contributed by atoms with Crippen LogP contribution in [0.4, 0.5) is 5.69 Å². The third kappa shape index (κ3) is 4.35. The number of likely N-dealkylation sites (N-methyl/N-ethyl adjacent to an activating group) is 1. The summed E-state index contributed by atoms with van der Waals surface area (Å²) in [6, 6.07) is 12.5. The molecule has 0 aliphatic carbocycles. The Bertz CT molecular complexity index is 875. The summed E-state index contributed by atoms with van der Waals surface area (Å²) in [6.45, 7) is 0.663. The van der Waals surface area contributed by atoms with Crippen LogP contribution in [0.3, 0.4) is 0 Å². The highest BCUT2D eigenvalue weighted by Gasteiger charge is 2.32. The summed E-state index contributed by atoms with van der Waals surface area (Å²) in [5.41, 5.74) is 6.83. The summed E-state index contributed by atoms with van der Waals surface area (Å²) in [7, 11) is 1.81. The Kier molecular flexibility index (Phi) is 5.89. The lowest BCUT2D eigenvalue weighted by atomic mass is 10.1. The van der Waals surface area contributed by atoms with Gasteiger partial charge in [-0.2, -0.15) is 0 Å². The first kappa shape index (κ1) is 19.5. The number of benzene rings is 2. The molecule has 0 saturated heterocycles. The molecule has 1 aliphatic rings. The number of carbonyl (C=O) groups excluding carboxylic acids is 2. The van der Waals surface area contributed by atoms with Gasteiger partial charge in [0.15, 0.2) is 6.10 Å². The average molecular weight is 408 g/mol. The van der Waals surface area contributed by atoms with Crippen molar-refractivity contribution in [1.82, 2.24) is 4.90 Å². The second-order valence-electron chi connectivity index (χ2n) is 6.37. The maximum absolute atomic E-state index is 12.9. The molecule has 0 saturated carbocycles. The van der Waals surface area contributed by atoms with Gasteiger partial charge >= 0.3 is 0 Å². The van der Waals surface area contributed by atoms with Crippen molar-refractivity contribution in [3.63, 3.8) is 0 Å². The van der Waals surface area contributed by atoms with Crippen molar-refractivity contribution in [2.45, 2.75) is 12.6 Å². The van der Waals surface area contributed by atoms with Gasteiger partial charge in [0.2, 0.25) is 5.91 Å². The molecule has 0 radical (unpaired) electrons. The Hall–Kier alpha value is -2.28. The maximum atomic E-state index is 12.9. The zero-order valence-corrected chi connectivity index (χ0v) is 16.2. The number of fused-ring (bicyclic) bond motifs is 1. The molecule has 142 valence electrons. The minimum Gasteiger partial charge on any atom is -0.477 e. The number of para-hydroxylation sites is 2. The lowest BCUT2D eigenvalue weighted by molar-refractivity contribution is -0.125. The number of nitrogens with zero attached hydrogens (tertiary/aromatic N) is 2. The van der Waals surface area contributed by atoms with Gasteiger partial charge in [-0.15, -0.1) is 0 Å². The molecule has 8 heteroatoms. The van der Waals surface area contributed by atoms with Crippen LogP contribution in [0.2, 0.25) is 10.0 Å². The fourth-order valence-corrected chi connectivity index (χ4v) is 3.33. The van der Waals surface area contributed by atoms with E-state index in [4.69, 9.17) is 33.7 Å². The summed E-state index contributed by atoms with van der Waals surface area (Å²) < 4.78 is 5.59. The van der Waals surface area contributed by atoms with Crippen LogP contribution in [-0.2, 0) is 16.1 Å². The number of carbonyl (C=O) groups is 2. The molecular formula is C19H19Cl2N3O3. The Balaban J connectivity index is 1.74. The van der Waals surface area contributed by atoms with Crippen molar-refractivity contribution >= 4 is 40.7 Å². The highest BCUT2D eigenvalue weighted by atomic mass is 35.5. The second kappa shape index (κ2) is 8.17.